The molecule has 4 nitrogen and oxygen atoms in total. The Kier molecular flexibility index (Phi) is 2.54. The lowest BCUT2D eigenvalue weighted by atomic mass is 9.67. The summed E-state index contributed by atoms with van der Waals surface area (Å²) in [5, 5.41) is 10.8. The maximum atomic E-state index is 12.8. The van der Waals surface area contributed by atoms with E-state index in [1.807, 2.05) is 23.8 Å². The van der Waals surface area contributed by atoms with Crippen molar-refractivity contribution >= 4 is 5.78 Å². The van der Waals surface area contributed by atoms with Gasteiger partial charge in [-0.05, 0) is 56.4 Å². The van der Waals surface area contributed by atoms with Gasteiger partial charge in [-0.1, -0.05) is 5.57 Å². The van der Waals surface area contributed by atoms with Gasteiger partial charge in [0.05, 0.1) is 6.33 Å². The summed E-state index contributed by atoms with van der Waals surface area (Å²) in [7, 11) is 0. The number of hydrogen-bond donors (Lipinski definition) is 1. The van der Waals surface area contributed by atoms with Crippen molar-refractivity contribution in [3.05, 3.63) is 52.7 Å². The van der Waals surface area contributed by atoms with Crippen LogP contribution < -0.4 is 0 Å². The fourth-order valence-electron chi connectivity index (χ4n) is 4.18. The summed E-state index contributed by atoms with van der Waals surface area (Å²) in [5.74, 6) is -0.120. The van der Waals surface area contributed by atoms with E-state index in [0.29, 0.717) is 12.1 Å². The van der Waals surface area contributed by atoms with Crippen LogP contribution >= 0.6 is 0 Å². The van der Waals surface area contributed by atoms with Crippen molar-refractivity contribution in [1.29, 1.82) is 0 Å². The zero-order valence-electron chi connectivity index (χ0n) is 13.2. The van der Waals surface area contributed by atoms with Gasteiger partial charge in [0, 0.05) is 29.9 Å². The number of ketones is 1. The molecule has 22 heavy (non-hydrogen) atoms. The molecule has 1 atom stereocenters. The molecule has 114 valence electrons. The Labute approximate surface area is 129 Å². The molecule has 1 N–H and O–H groups in total. The van der Waals surface area contributed by atoms with Gasteiger partial charge >= 0.3 is 0 Å². The molecule has 4 heteroatoms. The lowest BCUT2D eigenvalue weighted by Gasteiger charge is -2.39. The molecule has 1 saturated carbocycles. The third kappa shape index (κ3) is 1.51. The average molecular weight is 296 g/mol. The quantitative estimate of drug-likeness (QED) is 0.912. The molecule has 3 aliphatic carbocycles. The summed E-state index contributed by atoms with van der Waals surface area (Å²) in [4.78, 5) is 16.9. The first-order valence-electron chi connectivity index (χ1n) is 7.75. The summed E-state index contributed by atoms with van der Waals surface area (Å²) >= 11 is 0. The molecule has 1 heterocycles. The highest BCUT2D eigenvalue weighted by atomic mass is 16.3. The topological polar surface area (TPSA) is 55.1 Å². The van der Waals surface area contributed by atoms with Crippen LogP contribution in [-0.2, 0) is 11.3 Å². The Hall–Kier alpha value is -1.94. The molecule has 0 aliphatic heterocycles. The molecule has 0 radical (unpaired) electrons. The molecular formula is C18H20N2O2. The summed E-state index contributed by atoms with van der Waals surface area (Å²) < 4.78 is 2.02. The third-order valence-electron chi connectivity index (χ3n) is 5.77. The molecule has 1 aromatic heterocycles. The second-order valence-corrected chi connectivity index (χ2v) is 6.94. The molecule has 1 spiro atoms. The first-order valence-corrected chi connectivity index (χ1v) is 7.75. The average Bonchev–Trinajstić information content (AvgIpc) is 3.03. The zero-order valence-corrected chi connectivity index (χ0v) is 13.2. The van der Waals surface area contributed by atoms with Crippen molar-refractivity contribution in [3.63, 3.8) is 0 Å². The van der Waals surface area contributed by atoms with E-state index in [0.717, 1.165) is 24.0 Å². The van der Waals surface area contributed by atoms with Gasteiger partial charge in [0.15, 0.2) is 5.78 Å². The highest BCUT2D eigenvalue weighted by Gasteiger charge is 2.64. The predicted octanol–water partition coefficient (Wildman–Crippen LogP) is 2.57. The van der Waals surface area contributed by atoms with Gasteiger partial charge < -0.3 is 9.67 Å². The van der Waals surface area contributed by atoms with Crippen molar-refractivity contribution in [3.8, 4) is 0 Å². The lowest BCUT2D eigenvalue weighted by Crippen LogP contribution is -2.49. The van der Waals surface area contributed by atoms with E-state index in [2.05, 4.69) is 11.9 Å². The molecular weight excluding hydrogens is 276 g/mol. The SMILES string of the molecule is CC1=C(Cn2ccnc2)C2=C(C)C3(CC3)[C@@](C)(O)C(=O)C2=C1. The van der Waals surface area contributed by atoms with Crippen molar-refractivity contribution < 1.29 is 9.90 Å². The zero-order chi connectivity index (χ0) is 15.7. The minimum atomic E-state index is -1.27. The number of aromatic nitrogens is 2. The maximum absolute atomic E-state index is 12.8. The van der Waals surface area contributed by atoms with E-state index in [9.17, 15) is 9.90 Å². The van der Waals surface area contributed by atoms with Gasteiger partial charge in [-0.15, -0.1) is 0 Å². The predicted molar refractivity (Wildman–Crippen MR) is 83.0 cm³/mol. The second kappa shape index (κ2) is 4.07. The minimum absolute atomic E-state index is 0.120. The second-order valence-electron chi connectivity index (χ2n) is 6.94. The van der Waals surface area contributed by atoms with E-state index in [4.69, 9.17) is 0 Å². The van der Waals surface area contributed by atoms with Crippen LogP contribution in [0.5, 0.6) is 0 Å². The van der Waals surface area contributed by atoms with Crippen LogP contribution in [-0.4, -0.2) is 26.0 Å². The van der Waals surface area contributed by atoms with Crippen LogP contribution in [0.15, 0.2) is 52.7 Å². The van der Waals surface area contributed by atoms with Crippen molar-refractivity contribution in [1.82, 2.24) is 9.55 Å². The standard InChI is InChI=1S/C18H20N2O2/c1-11-8-13-15(14(11)9-20-7-6-19-10-20)12(2)18(4-5-18)17(3,22)16(13)21/h6-8,10,22H,4-5,9H2,1-3H3/t17-/m0/s1. The lowest BCUT2D eigenvalue weighted by molar-refractivity contribution is -0.137. The number of fused-ring (bicyclic) bond motifs is 1. The molecule has 0 amide bonds. The molecule has 0 bridgehead atoms. The highest BCUT2D eigenvalue weighted by molar-refractivity contribution is 6.10. The van der Waals surface area contributed by atoms with Crippen molar-refractivity contribution in [2.75, 3.05) is 0 Å². The minimum Gasteiger partial charge on any atom is -0.381 e. The Bertz CT molecular complexity index is 772. The summed E-state index contributed by atoms with van der Waals surface area (Å²) in [5.41, 5.74) is 3.61. The van der Waals surface area contributed by atoms with Gasteiger partial charge in [0.1, 0.15) is 5.60 Å². The first-order chi connectivity index (χ1) is 10.4. The summed E-state index contributed by atoms with van der Waals surface area (Å²) in [6.07, 6.45) is 9.22. The van der Waals surface area contributed by atoms with E-state index in [1.54, 1.807) is 19.4 Å². The normalized spacial score (nSPS) is 29.3. The number of imidazole rings is 1. The number of rotatable bonds is 2. The summed E-state index contributed by atoms with van der Waals surface area (Å²) in [6, 6.07) is 0. The summed E-state index contributed by atoms with van der Waals surface area (Å²) in [6.45, 7) is 6.53. The van der Waals surface area contributed by atoms with Crippen molar-refractivity contribution in [2.24, 2.45) is 5.41 Å². The highest BCUT2D eigenvalue weighted by Crippen LogP contribution is 2.65. The van der Waals surface area contributed by atoms with Crippen LogP contribution in [0.2, 0.25) is 0 Å². The van der Waals surface area contributed by atoms with Crippen LogP contribution in [0.4, 0.5) is 0 Å². The Morgan fingerprint density at radius 2 is 2.09 bits per heavy atom. The Morgan fingerprint density at radius 1 is 1.36 bits per heavy atom. The van der Waals surface area contributed by atoms with Gasteiger partial charge in [-0.25, -0.2) is 4.98 Å². The molecule has 1 fully saturated rings. The molecule has 0 unspecified atom stereocenters. The van der Waals surface area contributed by atoms with E-state index in [-0.39, 0.29) is 11.2 Å². The fraction of sp³-hybridized carbons (Fsp3) is 0.444. The van der Waals surface area contributed by atoms with Gasteiger partial charge in [-0.2, -0.15) is 0 Å². The van der Waals surface area contributed by atoms with Crippen LogP contribution in [0.25, 0.3) is 0 Å². The maximum Gasteiger partial charge on any atom is 0.195 e. The number of nitrogens with zero attached hydrogens (tertiary/aromatic N) is 2. The van der Waals surface area contributed by atoms with Gasteiger partial charge in [0.2, 0.25) is 0 Å². The monoisotopic (exact) mass is 296 g/mol. The number of allylic oxidation sites excluding steroid dienone is 4. The van der Waals surface area contributed by atoms with Gasteiger partial charge in [0.25, 0.3) is 0 Å². The number of carbonyl (C=O) groups excluding carboxylic acids is 1. The Balaban J connectivity index is 1.86. The Morgan fingerprint density at radius 3 is 2.68 bits per heavy atom. The largest absolute Gasteiger partial charge is 0.381 e. The van der Waals surface area contributed by atoms with E-state index >= 15 is 0 Å². The van der Waals surface area contributed by atoms with Crippen LogP contribution in [0.1, 0.15) is 33.6 Å². The molecule has 1 aromatic rings. The first kappa shape index (κ1) is 13.7. The molecule has 4 rings (SSSR count). The van der Waals surface area contributed by atoms with Crippen LogP contribution in [0, 0.1) is 5.41 Å². The number of aliphatic hydroxyl groups is 1. The van der Waals surface area contributed by atoms with Crippen LogP contribution in [0.3, 0.4) is 0 Å². The molecule has 0 saturated heterocycles. The molecule has 3 aliphatic rings. The smallest absolute Gasteiger partial charge is 0.195 e. The number of carbonyl (C=O) groups is 1. The van der Waals surface area contributed by atoms with Crippen molar-refractivity contribution in [2.45, 2.75) is 45.8 Å². The third-order valence-corrected chi connectivity index (χ3v) is 5.77. The van der Waals surface area contributed by atoms with Gasteiger partial charge in [-0.3, -0.25) is 4.79 Å². The number of hydrogen-bond acceptors (Lipinski definition) is 3. The molecule has 0 aromatic carbocycles. The number of Topliss-reactive ketones (excluding diaryl/α,β-unsaturated/α-hetero) is 1. The van der Waals surface area contributed by atoms with E-state index in [1.165, 1.54) is 11.1 Å². The fourth-order valence-corrected chi connectivity index (χ4v) is 4.18. The van der Waals surface area contributed by atoms with E-state index < -0.39 is 5.60 Å².